The molecule has 0 aromatic rings. The summed E-state index contributed by atoms with van der Waals surface area (Å²) in [6.45, 7) is 7.70. The van der Waals surface area contributed by atoms with Crippen molar-refractivity contribution in [2.75, 3.05) is 13.1 Å². The van der Waals surface area contributed by atoms with Crippen molar-refractivity contribution >= 4 is 17.5 Å². The minimum absolute atomic E-state index is 0.0364. The molecule has 0 spiro atoms. The molecule has 0 aliphatic rings. The normalized spacial score (nSPS) is 9.36. The molecule has 0 N–H and O–H groups in total. The van der Waals surface area contributed by atoms with Crippen molar-refractivity contribution in [2.24, 2.45) is 0 Å². The van der Waals surface area contributed by atoms with E-state index in [9.17, 15) is 14.4 Å². The summed E-state index contributed by atoms with van der Waals surface area (Å²) in [7, 11) is 0. The maximum atomic E-state index is 11.4. The summed E-state index contributed by atoms with van der Waals surface area (Å²) in [4.78, 5) is 34.3. The Hall–Kier alpha value is -1.45. The van der Waals surface area contributed by atoms with Gasteiger partial charge < -0.3 is 4.90 Å². The average molecular weight is 197 g/mol. The van der Waals surface area contributed by atoms with E-state index in [0.717, 1.165) is 0 Å². The molecule has 0 unspecified atom stereocenters. The van der Waals surface area contributed by atoms with E-state index in [-0.39, 0.29) is 30.6 Å². The highest BCUT2D eigenvalue weighted by Gasteiger charge is 2.16. The van der Waals surface area contributed by atoms with Crippen LogP contribution >= 0.6 is 0 Å². The van der Waals surface area contributed by atoms with Crippen molar-refractivity contribution in [3.8, 4) is 0 Å². The van der Waals surface area contributed by atoms with Crippen LogP contribution in [0.25, 0.3) is 0 Å². The van der Waals surface area contributed by atoms with Crippen LogP contribution in [0, 0.1) is 0 Å². The van der Waals surface area contributed by atoms with Crippen molar-refractivity contribution in [2.45, 2.75) is 20.8 Å². The molecule has 0 atom stereocenters. The topological polar surface area (TPSA) is 54.5 Å². The third-order valence-corrected chi connectivity index (χ3v) is 1.48. The Morgan fingerprint density at radius 2 is 1.36 bits per heavy atom. The Morgan fingerprint density at radius 3 is 1.57 bits per heavy atom. The van der Waals surface area contributed by atoms with Crippen LogP contribution in [0.3, 0.4) is 0 Å². The lowest BCUT2D eigenvalue weighted by molar-refractivity contribution is -0.134. The molecule has 14 heavy (non-hydrogen) atoms. The van der Waals surface area contributed by atoms with Crippen LogP contribution in [0.5, 0.6) is 0 Å². The van der Waals surface area contributed by atoms with Gasteiger partial charge in [-0.05, 0) is 20.8 Å². The van der Waals surface area contributed by atoms with Gasteiger partial charge in [-0.15, -0.1) is 0 Å². The molecular weight excluding hydrogens is 182 g/mol. The van der Waals surface area contributed by atoms with Gasteiger partial charge in [-0.1, -0.05) is 6.58 Å². The van der Waals surface area contributed by atoms with E-state index in [1.807, 2.05) is 0 Å². The molecule has 0 radical (unpaired) electrons. The number of Topliss-reactive ketones (excluding diaryl/α,β-unsaturated/α-hetero) is 2. The van der Waals surface area contributed by atoms with Crippen LogP contribution in [0.4, 0.5) is 0 Å². The first-order chi connectivity index (χ1) is 6.34. The van der Waals surface area contributed by atoms with Gasteiger partial charge in [-0.25, -0.2) is 0 Å². The predicted molar refractivity (Wildman–Crippen MR) is 52.8 cm³/mol. The number of rotatable bonds is 5. The summed E-state index contributed by atoms with van der Waals surface area (Å²) >= 11 is 0. The zero-order valence-corrected chi connectivity index (χ0v) is 8.79. The first kappa shape index (κ1) is 12.6. The van der Waals surface area contributed by atoms with E-state index < -0.39 is 0 Å². The summed E-state index contributed by atoms with van der Waals surface area (Å²) in [5, 5.41) is 0. The number of carbonyl (C=O) groups is 3. The second-order valence-corrected chi connectivity index (χ2v) is 3.35. The molecule has 0 aliphatic heterocycles. The molecule has 4 heteroatoms. The zero-order chi connectivity index (χ0) is 11.3. The van der Waals surface area contributed by atoms with E-state index >= 15 is 0 Å². The van der Waals surface area contributed by atoms with Crippen LogP contribution in [0.2, 0.25) is 0 Å². The fourth-order valence-electron chi connectivity index (χ4n) is 1.01. The molecule has 78 valence electrons. The van der Waals surface area contributed by atoms with Gasteiger partial charge in [0.2, 0.25) is 5.91 Å². The van der Waals surface area contributed by atoms with Crippen LogP contribution in [0.1, 0.15) is 20.8 Å². The Labute approximate surface area is 83.6 Å². The largest absolute Gasteiger partial charge is 0.324 e. The lowest BCUT2D eigenvalue weighted by atomic mass is 10.2. The molecule has 0 rings (SSSR count). The first-order valence-electron chi connectivity index (χ1n) is 4.28. The number of hydrogen-bond donors (Lipinski definition) is 0. The van der Waals surface area contributed by atoms with Gasteiger partial charge in [0.25, 0.3) is 0 Å². The number of hydrogen-bond acceptors (Lipinski definition) is 3. The van der Waals surface area contributed by atoms with Crippen molar-refractivity contribution in [1.29, 1.82) is 0 Å². The van der Waals surface area contributed by atoms with E-state index in [0.29, 0.717) is 5.57 Å². The van der Waals surface area contributed by atoms with Crippen molar-refractivity contribution < 1.29 is 14.4 Å². The number of carbonyl (C=O) groups excluding carboxylic acids is 3. The Bertz CT molecular complexity index is 265. The minimum atomic E-state index is -0.351. The average Bonchev–Trinajstić information content (AvgIpc) is 1.99. The predicted octanol–water partition coefficient (Wildman–Crippen LogP) is 0.569. The molecule has 0 saturated carbocycles. The molecule has 4 nitrogen and oxygen atoms in total. The van der Waals surface area contributed by atoms with Gasteiger partial charge >= 0.3 is 0 Å². The molecule has 0 bridgehead atoms. The second kappa shape index (κ2) is 5.32. The highest BCUT2D eigenvalue weighted by molar-refractivity contribution is 5.97. The Morgan fingerprint density at radius 1 is 1.00 bits per heavy atom. The summed E-state index contributed by atoms with van der Waals surface area (Å²) in [6, 6.07) is 0. The SMILES string of the molecule is C=C(C)C(=O)N(CC(C)=O)CC(C)=O. The lowest BCUT2D eigenvalue weighted by Crippen LogP contribution is -2.38. The lowest BCUT2D eigenvalue weighted by Gasteiger charge is -2.19. The summed E-state index contributed by atoms with van der Waals surface area (Å²) in [5.74, 6) is -0.655. The molecule has 0 heterocycles. The second-order valence-electron chi connectivity index (χ2n) is 3.35. The number of amides is 1. The standard InChI is InChI=1S/C10H15NO3/c1-7(2)10(14)11(5-8(3)12)6-9(4)13/h1,5-6H2,2-4H3. The van der Waals surface area contributed by atoms with Gasteiger partial charge in [0.05, 0.1) is 13.1 Å². The minimum Gasteiger partial charge on any atom is -0.324 e. The van der Waals surface area contributed by atoms with Crippen molar-refractivity contribution in [3.05, 3.63) is 12.2 Å². The summed E-state index contributed by atoms with van der Waals surface area (Å²) in [6.07, 6.45) is 0. The molecule has 0 aliphatic carbocycles. The number of ketones is 2. The smallest absolute Gasteiger partial charge is 0.249 e. The third kappa shape index (κ3) is 4.54. The van der Waals surface area contributed by atoms with Crippen molar-refractivity contribution in [3.63, 3.8) is 0 Å². The molecular formula is C10H15NO3. The first-order valence-corrected chi connectivity index (χ1v) is 4.28. The monoisotopic (exact) mass is 197 g/mol. The summed E-state index contributed by atoms with van der Waals surface area (Å²) < 4.78 is 0. The van der Waals surface area contributed by atoms with Gasteiger partial charge in [0.15, 0.2) is 0 Å². The van der Waals surface area contributed by atoms with Crippen molar-refractivity contribution in [1.82, 2.24) is 4.90 Å². The Kier molecular flexibility index (Phi) is 4.77. The fourth-order valence-corrected chi connectivity index (χ4v) is 1.01. The summed E-state index contributed by atoms with van der Waals surface area (Å²) in [5.41, 5.74) is 0.326. The highest BCUT2D eigenvalue weighted by Crippen LogP contribution is 1.99. The van der Waals surface area contributed by atoms with Crippen LogP contribution < -0.4 is 0 Å². The Balaban J connectivity index is 4.54. The zero-order valence-electron chi connectivity index (χ0n) is 8.79. The van der Waals surface area contributed by atoms with E-state index in [2.05, 4.69) is 6.58 Å². The van der Waals surface area contributed by atoms with E-state index in [4.69, 9.17) is 0 Å². The van der Waals surface area contributed by atoms with Crippen LogP contribution in [0.15, 0.2) is 12.2 Å². The fraction of sp³-hybridized carbons (Fsp3) is 0.500. The van der Waals surface area contributed by atoms with Crippen LogP contribution in [-0.2, 0) is 14.4 Å². The molecule has 1 amide bonds. The maximum Gasteiger partial charge on any atom is 0.249 e. The van der Waals surface area contributed by atoms with Gasteiger partial charge in [-0.3, -0.25) is 14.4 Å². The third-order valence-electron chi connectivity index (χ3n) is 1.48. The van der Waals surface area contributed by atoms with Gasteiger partial charge in [0.1, 0.15) is 11.6 Å². The molecule has 0 fully saturated rings. The molecule has 0 aromatic heterocycles. The van der Waals surface area contributed by atoms with Crippen LogP contribution in [-0.4, -0.2) is 35.5 Å². The molecule has 0 aromatic carbocycles. The van der Waals surface area contributed by atoms with E-state index in [1.54, 1.807) is 6.92 Å². The quantitative estimate of drug-likeness (QED) is 0.605. The van der Waals surface area contributed by atoms with Gasteiger partial charge in [0, 0.05) is 5.57 Å². The maximum absolute atomic E-state index is 11.4. The number of nitrogens with zero attached hydrogens (tertiary/aromatic N) is 1. The van der Waals surface area contributed by atoms with E-state index in [1.165, 1.54) is 18.7 Å². The molecule has 0 saturated heterocycles. The highest BCUT2D eigenvalue weighted by atomic mass is 16.2. The van der Waals surface area contributed by atoms with Gasteiger partial charge in [-0.2, -0.15) is 0 Å².